The van der Waals surface area contributed by atoms with Crippen LogP contribution in [0.15, 0.2) is 34.7 Å². The second kappa shape index (κ2) is 5.00. The number of nitrogens with zero attached hydrogens (tertiary/aromatic N) is 3. The largest absolute Gasteiger partial charge is 0.272 e. The summed E-state index contributed by atoms with van der Waals surface area (Å²) in [6.07, 6.45) is 0. The van der Waals surface area contributed by atoms with E-state index in [9.17, 15) is 4.79 Å². The highest BCUT2D eigenvalue weighted by molar-refractivity contribution is 7.14. The molecule has 6 heteroatoms. The molecule has 4 nitrogen and oxygen atoms in total. The maximum atomic E-state index is 12.1. The van der Waals surface area contributed by atoms with E-state index in [2.05, 4.69) is 10.1 Å². The highest BCUT2D eigenvalue weighted by atomic mass is 35.5. The first-order valence-electron chi connectivity index (χ1n) is 6.17. The number of aromatic nitrogens is 1. The maximum absolute atomic E-state index is 12.1. The highest BCUT2D eigenvalue weighted by Crippen LogP contribution is 2.31. The zero-order chi connectivity index (χ0) is 14.3. The summed E-state index contributed by atoms with van der Waals surface area (Å²) in [5.74, 6) is -0.197. The van der Waals surface area contributed by atoms with Crippen LogP contribution in [0.2, 0.25) is 5.02 Å². The first-order valence-corrected chi connectivity index (χ1v) is 7.42. The molecule has 0 fully saturated rings. The van der Waals surface area contributed by atoms with Crippen LogP contribution in [0.1, 0.15) is 13.8 Å². The Hall–Kier alpha value is -1.72. The molecule has 0 radical (unpaired) electrons. The smallest absolute Gasteiger partial charge is 0.258 e. The number of carbonyl (C=O) groups excluding carboxylic acids is 1. The average Bonchev–Trinajstić information content (AvgIpc) is 3.01. The minimum Gasteiger partial charge on any atom is -0.272 e. The van der Waals surface area contributed by atoms with Gasteiger partial charge in [-0.05, 0) is 26.0 Å². The number of hydrogen-bond donors (Lipinski definition) is 0. The van der Waals surface area contributed by atoms with E-state index in [0.717, 1.165) is 17.0 Å². The molecule has 2 heterocycles. The van der Waals surface area contributed by atoms with Crippen molar-refractivity contribution in [2.45, 2.75) is 13.8 Å². The van der Waals surface area contributed by atoms with E-state index in [-0.39, 0.29) is 11.8 Å². The van der Waals surface area contributed by atoms with Crippen molar-refractivity contribution in [3.63, 3.8) is 0 Å². The Morgan fingerprint density at radius 1 is 1.30 bits per heavy atom. The number of benzene rings is 1. The van der Waals surface area contributed by atoms with Gasteiger partial charge in [0.25, 0.3) is 5.91 Å². The Labute approximate surface area is 125 Å². The number of amides is 1. The van der Waals surface area contributed by atoms with E-state index in [0.29, 0.717) is 10.2 Å². The quantitative estimate of drug-likeness (QED) is 0.846. The van der Waals surface area contributed by atoms with E-state index in [4.69, 9.17) is 11.6 Å². The zero-order valence-electron chi connectivity index (χ0n) is 11.0. The molecule has 1 amide bonds. The minimum atomic E-state index is -0.169. The normalized spacial score (nSPS) is 18.6. The fraction of sp³-hybridized carbons (Fsp3) is 0.214. The molecule has 0 spiro atoms. The Balaban J connectivity index is 1.91. The molecule has 0 unspecified atom stereocenters. The molecule has 1 aliphatic rings. The fourth-order valence-corrected chi connectivity index (χ4v) is 2.82. The van der Waals surface area contributed by atoms with Gasteiger partial charge in [-0.2, -0.15) is 10.1 Å². The summed E-state index contributed by atoms with van der Waals surface area (Å²) in [6, 6.07) is 7.46. The van der Waals surface area contributed by atoms with Gasteiger partial charge in [-0.25, -0.2) is 4.98 Å². The number of thiazole rings is 1. The van der Waals surface area contributed by atoms with Gasteiger partial charge in [0.2, 0.25) is 5.13 Å². The van der Waals surface area contributed by atoms with E-state index in [1.807, 2.05) is 43.5 Å². The predicted molar refractivity (Wildman–Crippen MR) is 82.3 cm³/mol. The molecule has 0 saturated carbocycles. The van der Waals surface area contributed by atoms with E-state index in [1.165, 1.54) is 16.3 Å². The van der Waals surface area contributed by atoms with Crippen LogP contribution in [0, 0.1) is 5.92 Å². The van der Waals surface area contributed by atoms with Crippen molar-refractivity contribution in [2.75, 3.05) is 5.01 Å². The summed E-state index contributed by atoms with van der Waals surface area (Å²) in [4.78, 5) is 16.6. The van der Waals surface area contributed by atoms with Gasteiger partial charge in [0.05, 0.1) is 11.6 Å². The molecule has 1 aromatic carbocycles. The number of rotatable bonds is 2. The highest BCUT2D eigenvalue weighted by Gasteiger charge is 2.32. The number of hydrogen-bond acceptors (Lipinski definition) is 4. The van der Waals surface area contributed by atoms with Crippen LogP contribution < -0.4 is 5.01 Å². The average molecular weight is 306 g/mol. The van der Waals surface area contributed by atoms with Gasteiger partial charge < -0.3 is 0 Å². The number of halogens is 1. The van der Waals surface area contributed by atoms with Gasteiger partial charge in [0, 0.05) is 21.7 Å². The van der Waals surface area contributed by atoms with Crippen LogP contribution in [-0.2, 0) is 4.79 Å². The van der Waals surface area contributed by atoms with Crippen molar-refractivity contribution in [1.29, 1.82) is 0 Å². The van der Waals surface area contributed by atoms with Crippen molar-refractivity contribution < 1.29 is 4.79 Å². The second-order valence-corrected chi connectivity index (χ2v) is 5.91. The van der Waals surface area contributed by atoms with Crippen LogP contribution in [0.4, 0.5) is 5.13 Å². The van der Waals surface area contributed by atoms with Crippen molar-refractivity contribution >= 4 is 39.7 Å². The Bertz CT molecular complexity index is 693. The van der Waals surface area contributed by atoms with Gasteiger partial charge in [-0.3, -0.25) is 4.79 Å². The summed E-state index contributed by atoms with van der Waals surface area (Å²) >= 11 is 7.28. The molecule has 1 atom stereocenters. The summed E-state index contributed by atoms with van der Waals surface area (Å²) in [5, 5.41) is 8.87. The lowest BCUT2D eigenvalue weighted by atomic mass is 10.1. The van der Waals surface area contributed by atoms with Crippen LogP contribution in [-0.4, -0.2) is 16.6 Å². The first-order chi connectivity index (χ1) is 9.56. The summed E-state index contributed by atoms with van der Waals surface area (Å²) in [6.45, 7) is 3.71. The SMILES string of the molecule is CC1=NN(c2nc(-c3ccc(Cl)cc3)cs2)C(=O)[C@@H]1C. The minimum absolute atomic E-state index is 0.0282. The van der Waals surface area contributed by atoms with Gasteiger partial charge in [0.15, 0.2) is 0 Å². The molecular weight excluding hydrogens is 294 g/mol. The molecule has 102 valence electrons. The number of hydrazone groups is 1. The Kier molecular flexibility index (Phi) is 3.31. The van der Waals surface area contributed by atoms with Gasteiger partial charge in [0.1, 0.15) is 0 Å². The standard InChI is InChI=1S/C14H12ClN3OS/c1-8-9(2)17-18(13(8)19)14-16-12(7-20-14)10-3-5-11(15)6-4-10/h3-8H,1-2H3/t8-/m1/s1. The van der Waals surface area contributed by atoms with Gasteiger partial charge in [-0.15, -0.1) is 11.3 Å². The zero-order valence-corrected chi connectivity index (χ0v) is 12.6. The fourth-order valence-electron chi connectivity index (χ4n) is 1.91. The van der Waals surface area contributed by atoms with Crippen LogP contribution in [0.5, 0.6) is 0 Å². The van der Waals surface area contributed by atoms with Crippen molar-refractivity contribution in [1.82, 2.24) is 4.98 Å². The topological polar surface area (TPSA) is 45.6 Å². The van der Waals surface area contributed by atoms with Crippen LogP contribution in [0.25, 0.3) is 11.3 Å². The molecule has 0 bridgehead atoms. The van der Waals surface area contributed by atoms with E-state index >= 15 is 0 Å². The maximum Gasteiger partial charge on any atom is 0.258 e. The second-order valence-electron chi connectivity index (χ2n) is 4.64. The first kappa shape index (κ1) is 13.3. The Morgan fingerprint density at radius 2 is 2.00 bits per heavy atom. The van der Waals surface area contributed by atoms with Gasteiger partial charge >= 0.3 is 0 Å². The molecule has 2 aromatic rings. The van der Waals surface area contributed by atoms with Crippen molar-refractivity contribution in [3.05, 3.63) is 34.7 Å². The predicted octanol–water partition coefficient (Wildman–Crippen LogP) is 3.82. The lowest BCUT2D eigenvalue weighted by Crippen LogP contribution is -2.24. The Morgan fingerprint density at radius 3 is 2.60 bits per heavy atom. The third-order valence-electron chi connectivity index (χ3n) is 3.28. The molecule has 1 aromatic heterocycles. The molecular formula is C14H12ClN3OS. The van der Waals surface area contributed by atoms with E-state index in [1.54, 1.807) is 0 Å². The number of carbonyl (C=O) groups is 1. The van der Waals surface area contributed by atoms with Gasteiger partial charge in [-0.1, -0.05) is 23.7 Å². The molecule has 1 aliphatic heterocycles. The van der Waals surface area contributed by atoms with Crippen molar-refractivity contribution in [3.8, 4) is 11.3 Å². The molecule has 0 saturated heterocycles. The summed E-state index contributed by atoms with van der Waals surface area (Å²) < 4.78 is 0. The number of anilines is 1. The summed E-state index contributed by atoms with van der Waals surface area (Å²) in [7, 11) is 0. The van der Waals surface area contributed by atoms with Crippen LogP contribution in [0.3, 0.4) is 0 Å². The monoisotopic (exact) mass is 305 g/mol. The lowest BCUT2D eigenvalue weighted by molar-refractivity contribution is -0.119. The molecule has 20 heavy (non-hydrogen) atoms. The summed E-state index contributed by atoms with van der Waals surface area (Å²) in [5.41, 5.74) is 2.61. The third kappa shape index (κ3) is 2.23. The molecule has 3 rings (SSSR count). The van der Waals surface area contributed by atoms with Crippen molar-refractivity contribution in [2.24, 2.45) is 11.0 Å². The molecule has 0 aliphatic carbocycles. The molecule has 0 N–H and O–H groups in total. The lowest BCUT2D eigenvalue weighted by Gasteiger charge is -2.07. The third-order valence-corrected chi connectivity index (χ3v) is 4.34. The van der Waals surface area contributed by atoms with E-state index < -0.39 is 0 Å². The van der Waals surface area contributed by atoms with Crippen LogP contribution >= 0.6 is 22.9 Å².